The number of aryl methyl sites for hydroxylation is 1. The van der Waals surface area contributed by atoms with Crippen LogP contribution in [0.15, 0.2) is 11.4 Å². The maximum absolute atomic E-state index is 10.2. The molecule has 2 amide bonds. The summed E-state index contributed by atoms with van der Waals surface area (Å²) in [4.78, 5) is 17.0. The summed E-state index contributed by atoms with van der Waals surface area (Å²) in [6.07, 6.45) is 2.96. The fourth-order valence-electron chi connectivity index (χ4n) is 0.657. The topological polar surface area (TPSA) is 96.2 Å². The molecule has 0 spiro atoms. The molecule has 0 unspecified atom stereocenters. The number of hydrogen-bond donors (Lipinski definition) is 3. The van der Waals surface area contributed by atoms with Gasteiger partial charge in [-0.1, -0.05) is 0 Å². The van der Waals surface area contributed by atoms with Crippen LogP contribution in [-0.2, 0) is 0 Å². The average molecular weight is 167 g/mol. The zero-order valence-electron chi connectivity index (χ0n) is 6.53. The van der Waals surface area contributed by atoms with Crippen molar-refractivity contribution in [2.24, 2.45) is 10.8 Å². The molecule has 0 aliphatic carbocycles. The van der Waals surface area contributed by atoms with Crippen LogP contribution < -0.4 is 11.2 Å². The molecule has 1 aromatic heterocycles. The molecule has 0 saturated carbocycles. The molecular formula is C6H9N5O. The van der Waals surface area contributed by atoms with Crippen molar-refractivity contribution in [2.75, 3.05) is 0 Å². The summed E-state index contributed by atoms with van der Waals surface area (Å²) >= 11 is 0. The molecule has 0 aliphatic heterocycles. The van der Waals surface area contributed by atoms with Gasteiger partial charge in [0, 0.05) is 5.69 Å². The van der Waals surface area contributed by atoms with E-state index < -0.39 is 6.03 Å². The first-order valence-electron chi connectivity index (χ1n) is 3.28. The highest BCUT2D eigenvalue weighted by Gasteiger charge is 1.95. The Morgan fingerprint density at radius 3 is 3.17 bits per heavy atom. The highest BCUT2D eigenvalue weighted by atomic mass is 16.2. The minimum atomic E-state index is -0.695. The lowest BCUT2D eigenvalue weighted by Gasteiger charge is -1.89. The van der Waals surface area contributed by atoms with Crippen LogP contribution in [0.4, 0.5) is 4.79 Å². The molecule has 64 valence electrons. The number of hydrazone groups is 1. The van der Waals surface area contributed by atoms with Gasteiger partial charge in [0.05, 0.1) is 12.5 Å². The first kappa shape index (κ1) is 8.25. The predicted molar refractivity (Wildman–Crippen MR) is 43.6 cm³/mol. The Hall–Kier alpha value is -1.85. The lowest BCUT2D eigenvalue weighted by Crippen LogP contribution is -2.24. The highest BCUT2D eigenvalue weighted by Crippen LogP contribution is 1.94. The standard InChI is InChI=1S/C6H9N5O/c1-4-5(9-3-8-4)2-10-11-6(7)12/h2-3H,1H3,(H,8,9)(H3,7,11,12). The van der Waals surface area contributed by atoms with E-state index in [9.17, 15) is 4.79 Å². The third-order valence-corrected chi connectivity index (χ3v) is 1.23. The number of hydrogen-bond acceptors (Lipinski definition) is 3. The van der Waals surface area contributed by atoms with Gasteiger partial charge < -0.3 is 10.7 Å². The van der Waals surface area contributed by atoms with E-state index in [2.05, 4.69) is 20.5 Å². The first-order valence-corrected chi connectivity index (χ1v) is 3.28. The number of H-pyrrole nitrogens is 1. The van der Waals surface area contributed by atoms with Crippen LogP contribution >= 0.6 is 0 Å². The second-order valence-electron chi connectivity index (χ2n) is 2.15. The van der Waals surface area contributed by atoms with E-state index in [1.54, 1.807) is 6.33 Å². The quantitative estimate of drug-likeness (QED) is 0.417. The maximum Gasteiger partial charge on any atom is 0.332 e. The van der Waals surface area contributed by atoms with Gasteiger partial charge in [0.2, 0.25) is 0 Å². The summed E-state index contributed by atoms with van der Waals surface area (Å²) in [5, 5.41) is 3.54. The van der Waals surface area contributed by atoms with Gasteiger partial charge in [-0.2, -0.15) is 5.10 Å². The molecule has 0 aliphatic rings. The van der Waals surface area contributed by atoms with Crippen molar-refractivity contribution in [1.82, 2.24) is 15.4 Å². The zero-order valence-corrected chi connectivity index (χ0v) is 6.53. The van der Waals surface area contributed by atoms with Crippen LogP contribution in [-0.4, -0.2) is 22.2 Å². The number of carbonyl (C=O) groups excluding carboxylic acids is 1. The molecule has 12 heavy (non-hydrogen) atoms. The van der Waals surface area contributed by atoms with E-state index in [4.69, 9.17) is 5.73 Å². The van der Waals surface area contributed by atoms with Gasteiger partial charge in [-0.25, -0.2) is 15.2 Å². The smallest absolute Gasteiger partial charge is 0.332 e. The molecular weight excluding hydrogens is 158 g/mol. The van der Waals surface area contributed by atoms with Crippen molar-refractivity contribution in [1.29, 1.82) is 0 Å². The minimum Gasteiger partial charge on any atom is -0.350 e. The minimum absolute atomic E-state index is 0.670. The SMILES string of the molecule is Cc1[nH]cnc1C=NNC(N)=O. The molecule has 1 heterocycles. The van der Waals surface area contributed by atoms with Gasteiger partial charge in [-0.05, 0) is 6.92 Å². The second kappa shape index (κ2) is 3.51. The number of imidazole rings is 1. The maximum atomic E-state index is 10.2. The zero-order chi connectivity index (χ0) is 8.97. The van der Waals surface area contributed by atoms with E-state index in [-0.39, 0.29) is 0 Å². The summed E-state index contributed by atoms with van der Waals surface area (Å²) in [5.41, 5.74) is 8.39. The van der Waals surface area contributed by atoms with E-state index in [1.807, 2.05) is 6.92 Å². The number of aromatic amines is 1. The third-order valence-electron chi connectivity index (χ3n) is 1.23. The first-order chi connectivity index (χ1) is 5.70. The Morgan fingerprint density at radius 2 is 2.67 bits per heavy atom. The highest BCUT2D eigenvalue weighted by molar-refractivity contribution is 5.80. The molecule has 1 aromatic rings. The van der Waals surface area contributed by atoms with Crippen LogP contribution in [0, 0.1) is 6.92 Å². The molecule has 0 bridgehead atoms. The molecule has 0 aromatic carbocycles. The molecule has 0 radical (unpaired) electrons. The molecule has 6 heteroatoms. The number of primary amides is 1. The third kappa shape index (κ3) is 2.08. The Labute approximate surface area is 68.9 Å². The number of amides is 2. The molecule has 0 fully saturated rings. The lowest BCUT2D eigenvalue weighted by atomic mass is 10.4. The monoisotopic (exact) mass is 167 g/mol. The fraction of sp³-hybridized carbons (Fsp3) is 0.167. The Bertz CT molecular complexity index is 303. The van der Waals surface area contributed by atoms with Crippen LogP contribution in [0.5, 0.6) is 0 Å². The Balaban J connectivity index is 2.57. The molecule has 1 rings (SSSR count). The van der Waals surface area contributed by atoms with Gasteiger partial charge in [0.25, 0.3) is 0 Å². The van der Waals surface area contributed by atoms with Crippen LogP contribution in [0.1, 0.15) is 11.4 Å². The van der Waals surface area contributed by atoms with Gasteiger partial charge in [0.1, 0.15) is 5.69 Å². The Morgan fingerprint density at radius 1 is 1.92 bits per heavy atom. The summed E-state index contributed by atoms with van der Waals surface area (Å²) < 4.78 is 0. The van der Waals surface area contributed by atoms with Crippen molar-refractivity contribution in [3.05, 3.63) is 17.7 Å². The van der Waals surface area contributed by atoms with Crippen molar-refractivity contribution in [3.8, 4) is 0 Å². The largest absolute Gasteiger partial charge is 0.350 e. The van der Waals surface area contributed by atoms with Crippen molar-refractivity contribution >= 4 is 12.2 Å². The van der Waals surface area contributed by atoms with Crippen molar-refractivity contribution < 1.29 is 4.79 Å². The molecule has 6 nitrogen and oxygen atoms in total. The number of carbonyl (C=O) groups is 1. The van der Waals surface area contributed by atoms with Crippen LogP contribution in [0.2, 0.25) is 0 Å². The number of rotatable bonds is 2. The van der Waals surface area contributed by atoms with Crippen LogP contribution in [0.25, 0.3) is 0 Å². The normalized spacial score (nSPS) is 10.4. The number of nitrogens with zero attached hydrogens (tertiary/aromatic N) is 2. The number of nitrogens with one attached hydrogen (secondary N) is 2. The lowest BCUT2D eigenvalue weighted by molar-refractivity contribution is 0.249. The molecule has 0 saturated heterocycles. The second-order valence-corrected chi connectivity index (χ2v) is 2.15. The summed E-state index contributed by atoms with van der Waals surface area (Å²) in [6.45, 7) is 1.85. The Kier molecular flexibility index (Phi) is 2.42. The fourth-order valence-corrected chi connectivity index (χ4v) is 0.657. The van der Waals surface area contributed by atoms with Crippen molar-refractivity contribution in [3.63, 3.8) is 0 Å². The predicted octanol–water partition coefficient (Wildman–Crippen LogP) is -0.280. The van der Waals surface area contributed by atoms with E-state index in [1.165, 1.54) is 6.21 Å². The van der Waals surface area contributed by atoms with Crippen molar-refractivity contribution in [2.45, 2.75) is 6.92 Å². The number of nitrogens with two attached hydrogens (primary N) is 1. The summed E-state index contributed by atoms with van der Waals surface area (Å²) in [6, 6.07) is -0.695. The number of aromatic nitrogens is 2. The van der Waals surface area contributed by atoms with E-state index >= 15 is 0 Å². The average Bonchev–Trinajstić information content (AvgIpc) is 2.36. The van der Waals surface area contributed by atoms with E-state index in [0.29, 0.717) is 5.69 Å². The van der Waals surface area contributed by atoms with Gasteiger partial charge >= 0.3 is 6.03 Å². The van der Waals surface area contributed by atoms with E-state index in [0.717, 1.165) is 5.69 Å². The van der Waals surface area contributed by atoms with Crippen LogP contribution in [0.3, 0.4) is 0 Å². The van der Waals surface area contributed by atoms with Gasteiger partial charge in [-0.15, -0.1) is 0 Å². The number of urea groups is 1. The molecule has 4 N–H and O–H groups in total. The van der Waals surface area contributed by atoms with Gasteiger partial charge in [-0.3, -0.25) is 0 Å². The summed E-state index contributed by atoms with van der Waals surface area (Å²) in [7, 11) is 0. The summed E-state index contributed by atoms with van der Waals surface area (Å²) in [5.74, 6) is 0. The molecule has 0 atom stereocenters. The van der Waals surface area contributed by atoms with Gasteiger partial charge in [0.15, 0.2) is 0 Å².